The van der Waals surface area contributed by atoms with E-state index in [1.54, 1.807) is 7.11 Å². The molecule has 1 aliphatic rings. The predicted molar refractivity (Wildman–Crippen MR) is 109 cm³/mol. The number of hydrogen-bond donors (Lipinski definition) is 0. The minimum Gasteiger partial charge on any atom is -0.495 e. The van der Waals surface area contributed by atoms with Crippen molar-refractivity contribution in [2.24, 2.45) is 4.99 Å². The van der Waals surface area contributed by atoms with Crippen LogP contribution in [0, 0.1) is 0 Å². The van der Waals surface area contributed by atoms with Gasteiger partial charge in [0.2, 0.25) is 0 Å². The Balaban J connectivity index is 1.54. The van der Waals surface area contributed by atoms with E-state index in [4.69, 9.17) is 9.47 Å². The molecule has 0 N–H and O–H groups in total. The Morgan fingerprint density at radius 3 is 2.67 bits per heavy atom. The number of benzene rings is 3. The summed E-state index contributed by atoms with van der Waals surface area (Å²) in [6.07, 6.45) is 0.828. The highest BCUT2D eigenvalue weighted by Crippen LogP contribution is 2.31. The molecule has 0 aromatic heterocycles. The fourth-order valence-electron chi connectivity index (χ4n) is 3.34. The topological polar surface area (TPSA) is 47.9 Å². The van der Waals surface area contributed by atoms with Crippen LogP contribution in [0.3, 0.4) is 0 Å². The molecule has 0 bridgehead atoms. The molecule has 3 aromatic rings. The van der Waals surface area contributed by atoms with Crippen molar-refractivity contribution in [3.05, 3.63) is 72.3 Å². The van der Waals surface area contributed by atoms with Crippen molar-refractivity contribution < 1.29 is 13.7 Å². The van der Waals surface area contributed by atoms with E-state index in [1.807, 2.05) is 54.6 Å². The van der Waals surface area contributed by atoms with Crippen molar-refractivity contribution in [1.82, 2.24) is 0 Å². The molecule has 1 unspecified atom stereocenters. The summed E-state index contributed by atoms with van der Waals surface area (Å²) in [7, 11) is 0.300. The van der Waals surface area contributed by atoms with E-state index in [0.29, 0.717) is 23.1 Å². The molecule has 2 atom stereocenters. The predicted octanol–water partition coefficient (Wildman–Crippen LogP) is 4.00. The van der Waals surface area contributed by atoms with E-state index < -0.39 is 10.8 Å². The fraction of sp³-hybridized carbons (Fsp3) is 0.227. The van der Waals surface area contributed by atoms with E-state index in [2.05, 4.69) is 17.1 Å². The van der Waals surface area contributed by atoms with Crippen LogP contribution in [0.4, 0.5) is 0 Å². The summed E-state index contributed by atoms with van der Waals surface area (Å²) >= 11 is 0. The molecule has 27 heavy (non-hydrogen) atoms. The maximum Gasteiger partial charge on any atom is 0.197 e. The molecule has 4 nitrogen and oxygen atoms in total. The molecule has 0 radical (unpaired) electrons. The maximum absolute atomic E-state index is 13.1. The van der Waals surface area contributed by atoms with Gasteiger partial charge in [-0.05, 0) is 23.4 Å². The third-order valence-corrected chi connectivity index (χ3v) is 6.01. The third kappa shape index (κ3) is 3.88. The van der Waals surface area contributed by atoms with E-state index in [9.17, 15) is 4.21 Å². The van der Waals surface area contributed by atoms with Gasteiger partial charge in [-0.2, -0.15) is 0 Å². The number of aliphatic imine (C=N–C) groups is 1. The summed E-state index contributed by atoms with van der Waals surface area (Å²) in [6, 6.07) is 22.1. The third-order valence-electron chi connectivity index (χ3n) is 4.63. The summed E-state index contributed by atoms with van der Waals surface area (Å²) in [6.45, 7) is 0.536. The van der Waals surface area contributed by atoms with Crippen LogP contribution in [-0.4, -0.2) is 35.6 Å². The number of fused-ring (bicyclic) bond motifs is 1. The van der Waals surface area contributed by atoms with Crippen molar-refractivity contribution in [1.29, 1.82) is 0 Å². The molecule has 1 heterocycles. The van der Waals surface area contributed by atoms with Crippen LogP contribution >= 0.6 is 0 Å². The van der Waals surface area contributed by atoms with Gasteiger partial charge in [-0.3, -0.25) is 4.21 Å². The van der Waals surface area contributed by atoms with Crippen LogP contribution < -0.4 is 4.74 Å². The van der Waals surface area contributed by atoms with E-state index >= 15 is 0 Å². The fourth-order valence-corrected chi connectivity index (χ4v) is 4.68. The van der Waals surface area contributed by atoms with Gasteiger partial charge in [0.25, 0.3) is 0 Å². The summed E-state index contributed by atoms with van der Waals surface area (Å²) in [5.74, 6) is 1.45. The monoisotopic (exact) mass is 379 g/mol. The van der Waals surface area contributed by atoms with Crippen molar-refractivity contribution >= 4 is 27.5 Å². The van der Waals surface area contributed by atoms with Gasteiger partial charge in [0.1, 0.15) is 18.1 Å². The molecular weight excluding hydrogens is 358 g/mol. The quantitative estimate of drug-likeness (QED) is 0.650. The zero-order chi connectivity index (χ0) is 18.6. The van der Waals surface area contributed by atoms with Gasteiger partial charge < -0.3 is 9.47 Å². The minimum absolute atomic E-state index is 0.0776. The first-order valence-corrected chi connectivity index (χ1v) is 10.2. The molecule has 138 valence electrons. The molecule has 0 amide bonds. The lowest BCUT2D eigenvalue weighted by Gasteiger charge is -2.11. The highest BCUT2D eigenvalue weighted by Gasteiger charge is 2.23. The summed E-state index contributed by atoms with van der Waals surface area (Å²) in [5, 5.41) is 1.98. The average molecular weight is 379 g/mol. The molecule has 3 aromatic carbocycles. The summed E-state index contributed by atoms with van der Waals surface area (Å²) in [5.41, 5.74) is 1.23. The van der Waals surface area contributed by atoms with Crippen molar-refractivity contribution in [3.63, 3.8) is 0 Å². The van der Waals surface area contributed by atoms with Crippen LogP contribution in [0.5, 0.6) is 5.75 Å². The lowest BCUT2D eigenvalue weighted by molar-refractivity contribution is 0.314. The van der Waals surface area contributed by atoms with Crippen LogP contribution in [0.25, 0.3) is 10.8 Å². The van der Waals surface area contributed by atoms with Crippen LogP contribution in [0.15, 0.2) is 76.6 Å². The number of hydrogen-bond acceptors (Lipinski definition) is 4. The number of rotatable bonds is 6. The summed E-state index contributed by atoms with van der Waals surface area (Å²) in [4.78, 5) is 5.35. The summed E-state index contributed by atoms with van der Waals surface area (Å²) < 4.78 is 24.3. The lowest BCUT2D eigenvalue weighted by Crippen LogP contribution is -2.12. The van der Waals surface area contributed by atoms with Gasteiger partial charge in [-0.1, -0.05) is 60.7 Å². The molecule has 0 saturated carbocycles. The average Bonchev–Trinajstić information content (AvgIpc) is 3.14. The van der Waals surface area contributed by atoms with Gasteiger partial charge in [0.15, 0.2) is 5.90 Å². The normalized spacial score (nSPS) is 17.4. The maximum atomic E-state index is 13.1. The van der Waals surface area contributed by atoms with Crippen LogP contribution in [-0.2, 0) is 22.0 Å². The lowest BCUT2D eigenvalue weighted by atomic mass is 10.1. The Bertz CT molecular complexity index is 1000. The Morgan fingerprint density at radius 1 is 1.07 bits per heavy atom. The Morgan fingerprint density at radius 2 is 1.85 bits per heavy atom. The second-order valence-corrected chi connectivity index (χ2v) is 7.87. The van der Waals surface area contributed by atoms with Crippen molar-refractivity contribution in [3.8, 4) is 5.75 Å². The highest BCUT2D eigenvalue weighted by molar-refractivity contribution is 7.86. The molecule has 0 aliphatic carbocycles. The van der Waals surface area contributed by atoms with E-state index in [-0.39, 0.29) is 11.8 Å². The molecular formula is C22H21NO3S. The molecule has 0 saturated heterocycles. The molecule has 5 heteroatoms. The zero-order valence-corrected chi connectivity index (χ0v) is 15.9. The molecule has 0 spiro atoms. The van der Waals surface area contributed by atoms with Gasteiger partial charge in [0, 0.05) is 5.39 Å². The second-order valence-electron chi connectivity index (χ2n) is 6.49. The molecule has 0 fully saturated rings. The van der Waals surface area contributed by atoms with Crippen LogP contribution in [0.2, 0.25) is 0 Å². The number of nitrogens with zero attached hydrogens (tertiary/aromatic N) is 1. The van der Waals surface area contributed by atoms with E-state index in [1.165, 1.54) is 5.56 Å². The molecule has 4 rings (SSSR count). The standard InChI is InChI=1S/C22H21NO3S/c1-25-20-12-11-17-9-5-6-10-19(17)22(20)27(24)15-21-23-18(14-26-21)13-16-7-3-2-4-8-16/h2-12,18H,13-15H2,1H3/t18-,27?/m0/s1. The van der Waals surface area contributed by atoms with Crippen molar-refractivity contribution in [2.75, 3.05) is 19.5 Å². The Labute approximate surface area is 161 Å². The first-order chi connectivity index (χ1) is 13.2. The zero-order valence-electron chi connectivity index (χ0n) is 15.1. The second kappa shape index (κ2) is 7.92. The molecule has 1 aliphatic heterocycles. The van der Waals surface area contributed by atoms with Gasteiger partial charge in [-0.15, -0.1) is 0 Å². The van der Waals surface area contributed by atoms with Gasteiger partial charge in [0.05, 0.1) is 28.8 Å². The first-order valence-electron chi connectivity index (χ1n) is 8.92. The number of ether oxygens (including phenoxy) is 2. The largest absolute Gasteiger partial charge is 0.495 e. The van der Waals surface area contributed by atoms with E-state index in [0.717, 1.165) is 17.2 Å². The number of methoxy groups -OCH3 is 1. The Hall–Kier alpha value is -2.66. The van der Waals surface area contributed by atoms with Crippen molar-refractivity contribution in [2.45, 2.75) is 17.4 Å². The van der Waals surface area contributed by atoms with Crippen LogP contribution in [0.1, 0.15) is 5.56 Å². The minimum atomic E-state index is -1.30. The van der Waals surface area contributed by atoms with Gasteiger partial charge >= 0.3 is 0 Å². The highest BCUT2D eigenvalue weighted by atomic mass is 32.2. The SMILES string of the molecule is COc1ccc2ccccc2c1S(=O)CC1=N[C@@H](Cc2ccccc2)CO1. The first kappa shape index (κ1) is 17.7. The smallest absolute Gasteiger partial charge is 0.197 e. The Kier molecular flexibility index (Phi) is 5.21. The van der Waals surface area contributed by atoms with Gasteiger partial charge in [-0.25, -0.2) is 4.99 Å².